The zero-order valence-corrected chi connectivity index (χ0v) is 15.9. The molecule has 1 aliphatic heterocycles. The summed E-state index contributed by atoms with van der Waals surface area (Å²) in [5, 5.41) is 6.33. The number of guanidine groups is 1. The number of halogens is 3. The Kier molecular flexibility index (Phi) is 6.69. The van der Waals surface area contributed by atoms with Crippen LogP contribution in [0.5, 0.6) is 17.2 Å². The first-order valence-corrected chi connectivity index (χ1v) is 9.04. The molecule has 29 heavy (non-hydrogen) atoms. The maximum absolute atomic E-state index is 12.3. The summed E-state index contributed by atoms with van der Waals surface area (Å²) in [6, 6.07) is 12.3. The molecule has 0 saturated heterocycles. The Morgan fingerprint density at radius 3 is 2.69 bits per heavy atom. The monoisotopic (exact) mass is 409 g/mol. The third kappa shape index (κ3) is 6.48. The van der Waals surface area contributed by atoms with E-state index in [0.717, 1.165) is 29.0 Å². The molecule has 0 aliphatic carbocycles. The van der Waals surface area contributed by atoms with E-state index in [1.807, 2.05) is 18.2 Å². The lowest BCUT2D eigenvalue weighted by atomic mass is 10.1. The number of rotatable bonds is 7. The molecule has 0 amide bonds. The van der Waals surface area contributed by atoms with Crippen LogP contribution in [0.1, 0.15) is 11.1 Å². The van der Waals surface area contributed by atoms with Crippen molar-refractivity contribution in [2.45, 2.75) is 19.1 Å². The van der Waals surface area contributed by atoms with E-state index < -0.39 is 12.8 Å². The van der Waals surface area contributed by atoms with Gasteiger partial charge in [0, 0.05) is 20.1 Å². The Morgan fingerprint density at radius 2 is 1.90 bits per heavy atom. The highest BCUT2D eigenvalue weighted by molar-refractivity contribution is 5.79. The highest BCUT2D eigenvalue weighted by Gasteiger charge is 2.28. The van der Waals surface area contributed by atoms with Crippen molar-refractivity contribution in [1.29, 1.82) is 0 Å². The van der Waals surface area contributed by atoms with E-state index >= 15 is 0 Å². The third-order valence-corrected chi connectivity index (χ3v) is 4.13. The van der Waals surface area contributed by atoms with Gasteiger partial charge >= 0.3 is 6.18 Å². The first-order valence-electron chi connectivity index (χ1n) is 9.04. The topological polar surface area (TPSA) is 64.1 Å². The second-order valence-corrected chi connectivity index (χ2v) is 6.34. The standard InChI is InChI=1S/C20H22F3N3O3/c1-24-19(25-8-7-14-5-6-17-18(10-14)29-13-28-17)26-11-15-3-2-4-16(9-15)27-12-20(21,22)23/h2-6,9-10H,7-8,11-13H2,1H3,(H2,24,25,26). The molecule has 6 nitrogen and oxygen atoms in total. The van der Waals surface area contributed by atoms with E-state index in [1.54, 1.807) is 25.2 Å². The first-order chi connectivity index (χ1) is 13.9. The van der Waals surface area contributed by atoms with Gasteiger partial charge in [0.15, 0.2) is 24.1 Å². The fourth-order valence-corrected chi connectivity index (χ4v) is 2.74. The minimum atomic E-state index is -4.36. The molecule has 0 unspecified atom stereocenters. The maximum atomic E-state index is 12.3. The number of fused-ring (bicyclic) bond motifs is 1. The molecule has 3 rings (SSSR count). The van der Waals surface area contributed by atoms with Crippen molar-refractivity contribution in [2.24, 2.45) is 4.99 Å². The number of nitrogens with one attached hydrogen (secondary N) is 2. The molecule has 2 aromatic carbocycles. The Bertz CT molecular complexity index is 856. The van der Waals surface area contributed by atoms with Crippen LogP contribution in [0.3, 0.4) is 0 Å². The molecule has 9 heteroatoms. The molecule has 0 bridgehead atoms. The molecule has 0 radical (unpaired) electrons. The molecule has 0 spiro atoms. The van der Waals surface area contributed by atoms with Crippen molar-refractivity contribution in [3.8, 4) is 17.2 Å². The van der Waals surface area contributed by atoms with Crippen LogP contribution < -0.4 is 24.8 Å². The summed E-state index contributed by atoms with van der Waals surface area (Å²) in [5.74, 6) is 2.26. The summed E-state index contributed by atoms with van der Waals surface area (Å²) >= 11 is 0. The average Bonchev–Trinajstić information content (AvgIpc) is 3.16. The number of hydrogen-bond donors (Lipinski definition) is 2. The number of alkyl halides is 3. The number of benzene rings is 2. The predicted octanol–water partition coefficient (Wildman–Crippen LogP) is 3.26. The van der Waals surface area contributed by atoms with Gasteiger partial charge < -0.3 is 24.8 Å². The minimum Gasteiger partial charge on any atom is -0.484 e. The van der Waals surface area contributed by atoms with E-state index in [4.69, 9.17) is 14.2 Å². The van der Waals surface area contributed by atoms with Gasteiger partial charge in [0.05, 0.1) is 0 Å². The van der Waals surface area contributed by atoms with E-state index in [9.17, 15) is 13.2 Å². The smallest absolute Gasteiger partial charge is 0.422 e. The summed E-state index contributed by atoms with van der Waals surface area (Å²) in [5.41, 5.74) is 1.88. The lowest BCUT2D eigenvalue weighted by molar-refractivity contribution is -0.153. The minimum absolute atomic E-state index is 0.173. The Balaban J connectivity index is 1.44. The fraction of sp³-hybridized carbons (Fsp3) is 0.350. The highest BCUT2D eigenvalue weighted by atomic mass is 19.4. The SMILES string of the molecule is CN=C(NCCc1ccc2c(c1)OCO2)NCc1cccc(OCC(F)(F)F)c1. The van der Waals surface area contributed by atoms with Gasteiger partial charge in [0.1, 0.15) is 5.75 Å². The van der Waals surface area contributed by atoms with E-state index in [0.29, 0.717) is 19.0 Å². The van der Waals surface area contributed by atoms with Crippen LogP contribution in [0.25, 0.3) is 0 Å². The molecule has 1 aliphatic rings. The van der Waals surface area contributed by atoms with Crippen molar-refractivity contribution >= 4 is 5.96 Å². The zero-order chi connectivity index (χ0) is 20.7. The molecule has 2 aromatic rings. The molecular weight excluding hydrogens is 387 g/mol. The van der Waals surface area contributed by atoms with Crippen LogP contribution in [0.2, 0.25) is 0 Å². The molecule has 1 heterocycles. The van der Waals surface area contributed by atoms with Crippen LogP contribution >= 0.6 is 0 Å². The van der Waals surface area contributed by atoms with Crippen LogP contribution in [0.15, 0.2) is 47.5 Å². The van der Waals surface area contributed by atoms with Gasteiger partial charge in [0.25, 0.3) is 0 Å². The van der Waals surface area contributed by atoms with Crippen molar-refractivity contribution in [3.05, 3.63) is 53.6 Å². The van der Waals surface area contributed by atoms with E-state index in [1.165, 1.54) is 6.07 Å². The quantitative estimate of drug-likeness (QED) is 0.543. The van der Waals surface area contributed by atoms with Gasteiger partial charge in [-0.2, -0.15) is 13.2 Å². The second kappa shape index (κ2) is 9.40. The zero-order valence-electron chi connectivity index (χ0n) is 15.9. The van der Waals surface area contributed by atoms with Gasteiger partial charge in [-0.25, -0.2) is 0 Å². The summed E-state index contributed by atoms with van der Waals surface area (Å²) in [6.07, 6.45) is -3.60. The summed E-state index contributed by atoms with van der Waals surface area (Å²) in [7, 11) is 1.65. The lowest BCUT2D eigenvalue weighted by Crippen LogP contribution is -2.37. The average molecular weight is 409 g/mol. The van der Waals surface area contributed by atoms with Gasteiger partial charge in [-0.1, -0.05) is 18.2 Å². The summed E-state index contributed by atoms with van der Waals surface area (Å²) in [6.45, 7) is -0.0238. The second-order valence-electron chi connectivity index (χ2n) is 6.34. The van der Waals surface area contributed by atoms with Crippen molar-refractivity contribution in [3.63, 3.8) is 0 Å². The number of hydrogen-bond acceptors (Lipinski definition) is 4. The van der Waals surface area contributed by atoms with Crippen LogP contribution in [-0.4, -0.2) is 39.1 Å². The van der Waals surface area contributed by atoms with Crippen LogP contribution in [0.4, 0.5) is 13.2 Å². The third-order valence-electron chi connectivity index (χ3n) is 4.13. The molecule has 0 aromatic heterocycles. The molecular formula is C20H22F3N3O3. The lowest BCUT2D eigenvalue weighted by Gasteiger charge is -2.13. The highest BCUT2D eigenvalue weighted by Crippen LogP contribution is 2.32. The number of ether oxygens (including phenoxy) is 3. The van der Waals surface area contributed by atoms with E-state index in [2.05, 4.69) is 15.6 Å². The van der Waals surface area contributed by atoms with Crippen LogP contribution in [-0.2, 0) is 13.0 Å². The Morgan fingerprint density at radius 1 is 1.07 bits per heavy atom. The van der Waals surface area contributed by atoms with Gasteiger partial charge in [0.2, 0.25) is 6.79 Å². The summed E-state index contributed by atoms with van der Waals surface area (Å²) in [4.78, 5) is 4.15. The first kappa shape index (κ1) is 20.6. The van der Waals surface area contributed by atoms with Crippen molar-refractivity contribution in [1.82, 2.24) is 10.6 Å². The molecule has 0 saturated carbocycles. The summed E-state index contributed by atoms with van der Waals surface area (Å²) < 4.78 is 52.3. The van der Waals surface area contributed by atoms with Crippen molar-refractivity contribution in [2.75, 3.05) is 27.0 Å². The Labute approximate surface area is 166 Å². The Hall–Kier alpha value is -3.10. The fourth-order valence-electron chi connectivity index (χ4n) is 2.74. The molecule has 2 N–H and O–H groups in total. The normalized spacial score (nSPS) is 13.3. The molecule has 156 valence electrons. The van der Waals surface area contributed by atoms with Gasteiger partial charge in [-0.3, -0.25) is 4.99 Å². The van der Waals surface area contributed by atoms with Gasteiger partial charge in [-0.05, 0) is 41.8 Å². The van der Waals surface area contributed by atoms with Gasteiger partial charge in [-0.15, -0.1) is 0 Å². The predicted molar refractivity (Wildman–Crippen MR) is 102 cm³/mol. The molecule has 0 fully saturated rings. The maximum Gasteiger partial charge on any atom is 0.422 e. The molecule has 0 atom stereocenters. The largest absolute Gasteiger partial charge is 0.484 e. The van der Waals surface area contributed by atoms with Crippen molar-refractivity contribution < 1.29 is 27.4 Å². The number of nitrogens with zero attached hydrogens (tertiary/aromatic N) is 1. The number of aliphatic imine (C=N–C) groups is 1. The van der Waals surface area contributed by atoms with Crippen LogP contribution in [0, 0.1) is 0 Å². The van der Waals surface area contributed by atoms with E-state index in [-0.39, 0.29) is 12.5 Å².